The number of benzene rings is 2. The maximum Gasteiger partial charge on any atom is 0.146 e. The Hall–Kier alpha value is -4.14. The Kier molecular flexibility index (Phi) is 6.34. The van der Waals surface area contributed by atoms with E-state index >= 15 is 0 Å². The molecule has 184 valence electrons. The van der Waals surface area contributed by atoms with E-state index in [1.54, 1.807) is 6.33 Å². The van der Waals surface area contributed by atoms with Gasteiger partial charge in [0.1, 0.15) is 11.1 Å². The summed E-state index contributed by atoms with van der Waals surface area (Å²) in [6.45, 7) is 1.24. The average molecular weight is 487 g/mol. The van der Waals surface area contributed by atoms with Crippen LogP contribution in [0.3, 0.4) is 0 Å². The van der Waals surface area contributed by atoms with Crippen molar-refractivity contribution in [2.75, 3.05) is 0 Å². The van der Waals surface area contributed by atoms with Gasteiger partial charge in [-0.2, -0.15) is 0 Å². The van der Waals surface area contributed by atoms with E-state index in [9.17, 15) is 10.5 Å². The van der Waals surface area contributed by atoms with Gasteiger partial charge < -0.3 is 14.2 Å². The lowest BCUT2D eigenvalue weighted by Gasteiger charge is -2.28. The Labute approximate surface area is 217 Å². The number of nitrogens with one attached hydrogen (secondary N) is 1. The van der Waals surface area contributed by atoms with Crippen LogP contribution in [0.25, 0.3) is 33.4 Å². The van der Waals surface area contributed by atoms with Gasteiger partial charge in [0.15, 0.2) is 0 Å². The molecule has 0 saturated heterocycles. The molecule has 5 heteroatoms. The number of nitrogens with zero attached hydrogens (tertiary/aromatic N) is 3. The average Bonchev–Trinajstić information content (AvgIpc) is 3.27. The van der Waals surface area contributed by atoms with Crippen molar-refractivity contribution in [2.24, 2.45) is 5.92 Å². The number of aliphatic hydroxyl groups is 1. The lowest BCUT2D eigenvalue weighted by atomic mass is 9.86. The Morgan fingerprint density at radius 3 is 2.41 bits per heavy atom. The van der Waals surface area contributed by atoms with Crippen LogP contribution in [0, 0.1) is 23.5 Å². The molecule has 6 rings (SSSR count). The predicted octanol–water partition coefficient (Wildman–Crippen LogP) is 5.85. The zero-order valence-electron chi connectivity index (χ0n) is 20.8. The molecule has 0 bridgehead atoms. The third-order valence-corrected chi connectivity index (χ3v) is 7.56. The van der Waals surface area contributed by atoms with Crippen LogP contribution in [0.4, 0.5) is 0 Å². The van der Waals surface area contributed by atoms with Crippen LogP contribution in [0.2, 0.25) is 0 Å². The lowest BCUT2D eigenvalue weighted by molar-refractivity contribution is 0.0598. The summed E-state index contributed by atoms with van der Waals surface area (Å²) in [6.07, 6.45) is 5.47. The number of fused-ring (bicyclic) bond motifs is 1. The van der Waals surface area contributed by atoms with E-state index in [0.717, 1.165) is 59.1 Å². The SMILES string of the molecule is N=c1c2c(-c3cc#ccc3)c(-c3ccccc3)n(Cc3ccccc3)c2ncn1C[C@@H]1CCCC[C@H]1O. The van der Waals surface area contributed by atoms with Gasteiger partial charge in [0.25, 0.3) is 0 Å². The van der Waals surface area contributed by atoms with Crippen molar-refractivity contribution < 1.29 is 5.11 Å². The second-order valence-corrected chi connectivity index (χ2v) is 9.94. The van der Waals surface area contributed by atoms with E-state index in [-0.39, 0.29) is 12.0 Å². The quantitative estimate of drug-likeness (QED) is 0.316. The van der Waals surface area contributed by atoms with E-state index < -0.39 is 0 Å². The fraction of sp³-hybridized carbons (Fsp3) is 0.250. The molecule has 3 aromatic carbocycles. The summed E-state index contributed by atoms with van der Waals surface area (Å²) in [5, 5.41) is 20.8. The minimum absolute atomic E-state index is 0.144. The molecular weight excluding hydrogens is 456 g/mol. The molecule has 2 atom stereocenters. The molecule has 0 radical (unpaired) electrons. The van der Waals surface area contributed by atoms with Crippen LogP contribution in [0.15, 0.2) is 85.2 Å². The van der Waals surface area contributed by atoms with E-state index in [0.29, 0.717) is 18.6 Å². The Morgan fingerprint density at radius 2 is 1.68 bits per heavy atom. The van der Waals surface area contributed by atoms with E-state index in [4.69, 9.17) is 4.98 Å². The van der Waals surface area contributed by atoms with Crippen molar-refractivity contribution in [1.82, 2.24) is 14.1 Å². The fourth-order valence-electron chi connectivity index (χ4n) is 5.68. The number of hydrogen-bond donors (Lipinski definition) is 2. The largest absolute Gasteiger partial charge is 0.393 e. The first-order valence-electron chi connectivity index (χ1n) is 13.0. The van der Waals surface area contributed by atoms with Crippen LogP contribution in [0.1, 0.15) is 31.2 Å². The van der Waals surface area contributed by atoms with Gasteiger partial charge in [0, 0.05) is 24.6 Å². The molecule has 37 heavy (non-hydrogen) atoms. The highest BCUT2D eigenvalue weighted by Crippen LogP contribution is 2.39. The van der Waals surface area contributed by atoms with E-state index in [2.05, 4.69) is 53.1 Å². The molecule has 5 nitrogen and oxygen atoms in total. The van der Waals surface area contributed by atoms with Gasteiger partial charge in [-0.1, -0.05) is 85.6 Å². The number of aliphatic hydroxyl groups excluding tert-OH is 1. The molecule has 5 aromatic rings. The molecule has 0 spiro atoms. The van der Waals surface area contributed by atoms with Crippen LogP contribution in [-0.2, 0) is 13.1 Å². The summed E-state index contributed by atoms with van der Waals surface area (Å²) in [4.78, 5) is 4.97. The summed E-state index contributed by atoms with van der Waals surface area (Å²) in [5.41, 5.74) is 6.47. The van der Waals surface area contributed by atoms with Gasteiger partial charge in [0.05, 0.1) is 23.5 Å². The van der Waals surface area contributed by atoms with Crippen LogP contribution >= 0.6 is 0 Å². The Bertz CT molecular complexity index is 1560. The number of aromatic nitrogens is 3. The Balaban J connectivity index is 1.62. The number of rotatable bonds is 6. The first-order chi connectivity index (χ1) is 18.2. The zero-order valence-corrected chi connectivity index (χ0v) is 20.8. The third kappa shape index (κ3) is 4.45. The van der Waals surface area contributed by atoms with Gasteiger partial charge >= 0.3 is 0 Å². The van der Waals surface area contributed by atoms with Crippen LogP contribution < -0.4 is 5.49 Å². The normalized spacial score (nSPS) is 17.5. The predicted molar refractivity (Wildman–Crippen MR) is 146 cm³/mol. The van der Waals surface area contributed by atoms with Crippen LogP contribution in [-0.4, -0.2) is 25.3 Å². The summed E-state index contributed by atoms with van der Waals surface area (Å²) < 4.78 is 4.16. The summed E-state index contributed by atoms with van der Waals surface area (Å²) in [7, 11) is 0. The lowest BCUT2D eigenvalue weighted by Crippen LogP contribution is -2.32. The minimum atomic E-state index is -0.322. The first-order valence-corrected chi connectivity index (χ1v) is 13.0. The second kappa shape index (κ2) is 10.1. The van der Waals surface area contributed by atoms with Gasteiger partial charge in [-0.05, 0) is 47.7 Å². The van der Waals surface area contributed by atoms with Crippen molar-refractivity contribution in [2.45, 2.75) is 44.9 Å². The molecule has 1 aliphatic rings. The highest BCUT2D eigenvalue weighted by atomic mass is 16.3. The zero-order chi connectivity index (χ0) is 25.2. The van der Waals surface area contributed by atoms with Crippen molar-refractivity contribution >= 4 is 11.0 Å². The molecule has 2 N–H and O–H groups in total. The van der Waals surface area contributed by atoms with Crippen LogP contribution in [0.5, 0.6) is 0 Å². The molecule has 2 aromatic heterocycles. The molecule has 0 unspecified atom stereocenters. The third-order valence-electron chi connectivity index (χ3n) is 7.56. The standard InChI is InChI=1S/C32H30N4O/c33-31-29-28(24-14-6-2-7-15-24)30(25-16-8-3-9-17-25)36(20-23-12-4-1-5-13-23)32(29)34-22-35(31)21-26-18-10-11-19-27(26)37/h1,3-6,8-9,12-17,22,26-27,33,37H,10-11,18-21H2/t26-,27+/m0/s1. The van der Waals surface area contributed by atoms with Gasteiger partial charge in [-0.25, -0.2) is 4.98 Å². The summed E-state index contributed by atoms with van der Waals surface area (Å²) in [5.74, 6) is 0.144. The number of hydrogen-bond acceptors (Lipinski definition) is 3. The van der Waals surface area contributed by atoms with Gasteiger partial charge in [-0.15, -0.1) is 0 Å². The maximum absolute atomic E-state index is 10.6. The molecule has 1 aliphatic carbocycles. The van der Waals surface area contributed by atoms with Crippen molar-refractivity contribution in [3.63, 3.8) is 0 Å². The van der Waals surface area contributed by atoms with Crippen molar-refractivity contribution in [1.29, 1.82) is 5.41 Å². The minimum Gasteiger partial charge on any atom is -0.393 e. The highest BCUT2D eigenvalue weighted by Gasteiger charge is 2.26. The molecule has 0 amide bonds. The molecule has 1 saturated carbocycles. The molecule has 1 fully saturated rings. The van der Waals surface area contributed by atoms with Crippen molar-refractivity contribution in [3.05, 3.63) is 108 Å². The first kappa shape index (κ1) is 23.3. The summed E-state index contributed by atoms with van der Waals surface area (Å²) in [6, 6.07) is 32.7. The van der Waals surface area contributed by atoms with E-state index in [1.807, 2.05) is 47.0 Å². The smallest absolute Gasteiger partial charge is 0.146 e. The van der Waals surface area contributed by atoms with Gasteiger partial charge in [-0.3, -0.25) is 5.41 Å². The van der Waals surface area contributed by atoms with Gasteiger partial charge in [0.2, 0.25) is 0 Å². The Morgan fingerprint density at radius 1 is 0.919 bits per heavy atom. The fourth-order valence-corrected chi connectivity index (χ4v) is 5.68. The second-order valence-electron chi connectivity index (χ2n) is 9.94. The maximum atomic E-state index is 10.6. The molecular formula is C32H30N4O. The monoisotopic (exact) mass is 486 g/mol. The van der Waals surface area contributed by atoms with E-state index in [1.165, 1.54) is 5.56 Å². The molecule has 2 heterocycles. The topological polar surface area (TPSA) is 66.8 Å². The van der Waals surface area contributed by atoms with Crippen molar-refractivity contribution in [3.8, 4) is 22.4 Å². The summed E-state index contributed by atoms with van der Waals surface area (Å²) >= 11 is 0. The highest BCUT2D eigenvalue weighted by molar-refractivity contribution is 6.02. The molecule has 0 aliphatic heterocycles.